The molecule has 0 saturated heterocycles. The summed E-state index contributed by atoms with van der Waals surface area (Å²) in [6, 6.07) is 12.9. The van der Waals surface area contributed by atoms with Gasteiger partial charge in [-0.05, 0) is 29.5 Å². The highest BCUT2D eigenvalue weighted by molar-refractivity contribution is 6.07. The van der Waals surface area contributed by atoms with Crippen LogP contribution in [0.15, 0.2) is 54.6 Å². The number of carboxylic acid groups (broad SMARTS) is 1. The molecule has 5 N–H and O–H groups in total. The Bertz CT molecular complexity index is 1470. The third-order valence-electron chi connectivity index (χ3n) is 7.61. The lowest BCUT2D eigenvalue weighted by Gasteiger charge is -2.31. The van der Waals surface area contributed by atoms with Crippen molar-refractivity contribution in [3.05, 3.63) is 71.5 Å². The van der Waals surface area contributed by atoms with E-state index in [0.29, 0.717) is 12.1 Å². The number of hydrogen-bond acceptors (Lipinski definition) is 8. The first-order valence-electron chi connectivity index (χ1n) is 14.4. The molecule has 1 unspecified atom stereocenters. The van der Waals surface area contributed by atoms with Crippen molar-refractivity contribution in [2.75, 3.05) is 4.90 Å². The molecule has 2 aromatic carbocycles. The molecule has 4 atom stereocenters. The van der Waals surface area contributed by atoms with Crippen molar-refractivity contribution >= 4 is 35.3 Å². The van der Waals surface area contributed by atoms with Crippen molar-refractivity contribution in [2.24, 2.45) is 5.92 Å². The number of anilines is 1. The quantitative estimate of drug-likeness (QED) is 0.177. The largest absolute Gasteiger partial charge is 0.481 e. The molecule has 0 saturated carbocycles. The van der Waals surface area contributed by atoms with Gasteiger partial charge in [0.1, 0.15) is 18.1 Å². The number of fused-ring (bicyclic) bond motifs is 1. The van der Waals surface area contributed by atoms with Crippen LogP contribution in [0.5, 0.6) is 0 Å². The second-order valence-corrected chi connectivity index (χ2v) is 10.7. The van der Waals surface area contributed by atoms with Crippen LogP contribution in [0.25, 0.3) is 0 Å². The SMILES string of the molecule is CC[C@H](C)[C@H](NC(=O)Cc1ccccc1)C(=O)NC(CCC(=O)O)C(=O)N1c2ccccc2C[C@H]1C(=O)NCc1nn[nH]n1. The summed E-state index contributed by atoms with van der Waals surface area (Å²) >= 11 is 0. The number of amides is 4. The first-order chi connectivity index (χ1) is 21.2. The Balaban J connectivity index is 1.55. The molecule has 3 aromatic rings. The summed E-state index contributed by atoms with van der Waals surface area (Å²) in [4.78, 5) is 66.8. The zero-order valence-corrected chi connectivity index (χ0v) is 24.5. The first kappa shape index (κ1) is 31.8. The van der Waals surface area contributed by atoms with Crippen LogP contribution in [0.2, 0.25) is 0 Å². The van der Waals surface area contributed by atoms with Crippen LogP contribution < -0.4 is 20.9 Å². The first-order valence-corrected chi connectivity index (χ1v) is 14.4. The monoisotopic (exact) mass is 604 g/mol. The van der Waals surface area contributed by atoms with E-state index in [9.17, 15) is 29.1 Å². The zero-order chi connectivity index (χ0) is 31.6. The van der Waals surface area contributed by atoms with Crippen LogP contribution in [0.1, 0.15) is 50.1 Å². The molecular weight excluding hydrogens is 568 g/mol. The molecule has 2 heterocycles. The Morgan fingerprint density at radius 3 is 2.45 bits per heavy atom. The molecule has 44 heavy (non-hydrogen) atoms. The summed E-state index contributed by atoms with van der Waals surface area (Å²) < 4.78 is 0. The summed E-state index contributed by atoms with van der Waals surface area (Å²) in [6.07, 6.45) is 0.202. The molecule has 14 nitrogen and oxygen atoms in total. The Hall–Kier alpha value is -5.14. The van der Waals surface area contributed by atoms with Crippen molar-refractivity contribution in [2.45, 2.75) is 70.6 Å². The lowest BCUT2D eigenvalue weighted by atomic mass is 9.97. The molecule has 0 radical (unpaired) electrons. The summed E-state index contributed by atoms with van der Waals surface area (Å²) in [5.41, 5.74) is 2.01. The average Bonchev–Trinajstić information content (AvgIpc) is 3.68. The Morgan fingerprint density at radius 1 is 1.05 bits per heavy atom. The van der Waals surface area contributed by atoms with Crippen LogP contribution >= 0.6 is 0 Å². The van der Waals surface area contributed by atoms with Gasteiger partial charge in [0.15, 0.2) is 5.82 Å². The highest BCUT2D eigenvalue weighted by atomic mass is 16.4. The summed E-state index contributed by atoms with van der Waals surface area (Å²) in [7, 11) is 0. The van der Waals surface area contributed by atoms with Crippen LogP contribution in [0.3, 0.4) is 0 Å². The number of carbonyl (C=O) groups is 5. The number of H-pyrrole nitrogens is 1. The van der Waals surface area contributed by atoms with Gasteiger partial charge in [-0.15, -0.1) is 10.2 Å². The maximum atomic E-state index is 14.1. The van der Waals surface area contributed by atoms with E-state index in [-0.39, 0.29) is 43.5 Å². The molecule has 4 amide bonds. The number of rotatable bonds is 14. The van der Waals surface area contributed by atoms with Gasteiger partial charge in [0.2, 0.25) is 23.6 Å². The van der Waals surface area contributed by atoms with Gasteiger partial charge in [0.25, 0.3) is 0 Å². The van der Waals surface area contributed by atoms with Gasteiger partial charge in [0, 0.05) is 18.5 Å². The van der Waals surface area contributed by atoms with Crippen molar-refractivity contribution in [1.82, 2.24) is 36.6 Å². The number of aromatic nitrogens is 4. The van der Waals surface area contributed by atoms with E-state index >= 15 is 0 Å². The third kappa shape index (κ3) is 8.02. The molecule has 0 spiro atoms. The van der Waals surface area contributed by atoms with Crippen LogP contribution in [-0.4, -0.2) is 73.5 Å². The van der Waals surface area contributed by atoms with E-state index in [2.05, 4.69) is 36.6 Å². The van der Waals surface area contributed by atoms with Gasteiger partial charge in [0.05, 0.1) is 13.0 Å². The fraction of sp³-hybridized carbons (Fsp3) is 0.400. The van der Waals surface area contributed by atoms with Crippen molar-refractivity contribution in [3.8, 4) is 0 Å². The molecule has 4 rings (SSSR count). The second-order valence-electron chi connectivity index (χ2n) is 10.7. The van der Waals surface area contributed by atoms with E-state index in [1.165, 1.54) is 4.90 Å². The Kier molecular flexibility index (Phi) is 10.7. The van der Waals surface area contributed by atoms with E-state index in [0.717, 1.165) is 11.1 Å². The third-order valence-corrected chi connectivity index (χ3v) is 7.61. The lowest BCUT2D eigenvalue weighted by molar-refractivity contribution is -0.138. The predicted octanol–water partition coefficient (Wildman–Crippen LogP) is 0.897. The maximum Gasteiger partial charge on any atom is 0.303 e. The minimum Gasteiger partial charge on any atom is -0.481 e. The van der Waals surface area contributed by atoms with Crippen molar-refractivity contribution in [3.63, 3.8) is 0 Å². The second kappa shape index (κ2) is 14.8. The molecular formula is C30H36N8O6. The van der Waals surface area contributed by atoms with E-state index in [1.807, 2.05) is 32.0 Å². The lowest BCUT2D eigenvalue weighted by Crippen LogP contribution is -2.58. The standard InChI is InChI=1S/C30H36N8O6/c1-3-18(2)27(33-25(39)15-19-9-5-4-6-10-19)29(43)32-21(13-14-26(40)41)30(44)38-22-12-8-7-11-20(22)16-23(38)28(42)31-17-24-34-36-37-35-24/h4-12,18,21,23,27H,3,13-17H2,1-2H3,(H,31,42)(H,32,43)(H,33,39)(H,40,41)(H,34,35,36,37)/t18-,21?,23-,27-/m0/s1. The Morgan fingerprint density at radius 2 is 1.77 bits per heavy atom. The molecule has 1 aliphatic heterocycles. The number of carbonyl (C=O) groups excluding carboxylic acids is 4. The minimum atomic E-state index is -1.28. The number of tetrazole rings is 1. The number of aromatic amines is 1. The normalized spacial score (nSPS) is 15.9. The van der Waals surface area contributed by atoms with Gasteiger partial charge < -0.3 is 21.1 Å². The molecule has 0 aliphatic carbocycles. The van der Waals surface area contributed by atoms with E-state index < -0.39 is 48.2 Å². The van der Waals surface area contributed by atoms with Gasteiger partial charge in [-0.25, -0.2) is 0 Å². The smallest absolute Gasteiger partial charge is 0.303 e. The maximum absolute atomic E-state index is 14.1. The molecule has 0 bridgehead atoms. The summed E-state index contributed by atoms with van der Waals surface area (Å²) in [5, 5.41) is 31.0. The molecule has 1 aliphatic rings. The average molecular weight is 605 g/mol. The molecule has 1 aromatic heterocycles. The van der Waals surface area contributed by atoms with Crippen molar-refractivity contribution in [1.29, 1.82) is 0 Å². The fourth-order valence-electron chi connectivity index (χ4n) is 5.07. The molecule has 232 valence electrons. The van der Waals surface area contributed by atoms with Crippen LogP contribution in [-0.2, 0) is 43.4 Å². The van der Waals surface area contributed by atoms with Gasteiger partial charge in [-0.1, -0.05) is 74.0 Å². The number of hydrogen-bond donors (Lipinski definition) is 5. The van der Waals surface area contributed by atoms with Crippen LogP contribution in [0, 0.1) is 5.92 Å². The number of para-hydroxylation sites is 1. The Labute approximate surface area is 254 Å². The number of nitrogens with zero attached hydrogens (tertiary/aromatic N) is 4. The topological polar surface area (TPSA) is 199 Å². The van der Waals surface area contributed by atoms with Gasteiger partial charge in [-0.3, -0.25) is 28.9 Å². The van der Waals surface area contributed by atoms with Crippen LogP contribution in [0.4, 0.5) is 5.69 Å². The van der Waals surface area contributed by atoms with E-state index in [4.69, 9.17) is 0 Å². The predicted molar refractivity (Wildman–Crippen MR) is 158 cm³/mol. The van der Waals surface area contributed by atoms with Gasteiger partial charge in [-0.2, -0.15) is 5.21 Å². The number of nitrogens with one attached hydrogen (secondary N) is 4. The number of carboxylic acids is 1. The molecule has 0 fully saturated rings. The molecule has 14 heteroatoms. The minimum absolute atomic E-state index is 0.0251. The van der Waals surface area contributed by atoms with Gasteiger partial charge >= 0.3 is 5.97 Å². The number of benzene rings is 2. The zero-order valence-electron chi connectivity index (χ0n) is 24.5. The highest BCUT2D eigenvalue weighted by Gasteiger charge is 2.42. The fourth-order valence-corrected chi connectivity index (χ4v) is 5.07. The van der Waals surface area contributed by atoms with E-state index in [1.54, 1.807) is 36.4 Å². The van der Waals surface area contributed by atoms with Crippen molar-refractivity contribution < 1.29 is 29.1 Å². The summed E-state index contributed by atoms with van der Waals surface area (Å²) in [6.45, 7) is 3.66. The highest BCUT2D eigenvalue weighted by Crippen LogP contribution is 2.33. The summed E-state index contributed by atoms with van der Waals surface area (Å²) in [5.74, 6) is -3.28. The number of aliphatic carboxylic acids is 1.